The predicted octanol–water partition coefficient (Wildman–Crippen LogP) is 2.70. The minimum atomic E-state index is 0.622. The molecule has 0 aliphatic heterocycles. The summed E-state index contributed by atoms with van der Waals surface area (Å²) in [6.45, 7) is 0. The van der Waals surface area contributed by atoms with Crippen molar-refractivity contribution in [3.05, 3.63) is 48.5 Å². The average Bonchev–Trinajstić information content (AvgIpc) is 2.47. The molecule has 0 atom stereocenters. The Labute approximate surface area is 104 Å². The van der Waals surface area contributed by atoms with E-state index in [1.54, 1.807) is 7.11 Å². The smallest absolute Gasteiger partial charge is 0.182 e. The summed E-state index contributed by atoms with van der Waals surface area (Å²) < 4.78 is 5.18. The number of benzene rings is 2. The summed E-state index contributed by atoms with van der Waals surface area (Å²) in [5.41, 5.74) is 2.49. The molecule has 0 saturated carbocycles. The lowest BCUT2D eigenvalue weighted by Gasteiger charge is -2.03. The van der Waals surface area contributed by atoms with Gasteiger partial charge in [-0.2, -0.15) is 0 Å². The second-order valence-corrected chi connectivity index (χ2v) is 3.86. The Balaban J connectivity index is 2.15. The van der Waals surface area contributed by atoms with Gasteiger partial charge in [-0.25, -0.2) is 4.98 Å². The highest BCUT2D eigenvalue weighted by molar-refractivity contribution is 5.77. The van der Waals surface area contributed by atoms with Gasteiger partial charge < -0.3 is 4.74 Å². The maximum absolute atomic E-state index is 5.18. The molecule has 0 aliphatic carbocycles. The fourth-order valence-corrected chi connectivity index (χ4v) is 1.75. The van der Waals surface area contributed by atoms with Gasteiger partial charge in [0.25, 0.3) is 0 Å². The number of nitrogens with zero attached hydrogens (tertiary/aromatic N) is 3. The third kappa shape index (κ3) is 1.88. The van der Waals surface area contributed by atoms with Gasteiger partial charge in [-0.3, -0.25) is 0 Å². The molecule has 0 aliphatic rings. The third-order valence-corrected chi connectivity index (χ3v) is 2.69. The molecular weight excluding hydrogens is 226 g/mol. The van der Waals surface area contributed by atoms with E-state index in [9.17, 15) is 0 Å². The molecule has 0 saturated heterocycles. The predicted molar refractivity (Wildman–Crippen MR) is 69.3 cm³/mol. The molecule has 3 aromatic rings. The molecule has 0 N–H and O–H groups in total. The fraction of sp³-hybridized carbons (Fsp3) is 0.0714. The van der Waals surface area contributed by atoms with Crippen molar-refractivity contribution in [2.24, 2.45) is 0 Å². The molecule has 88 valence electrons. The second kappa shape index (κ2) is 4.41. The number of aromatic nitrogens is 3. The lowest BCUT2D eigenvalue weighted by Crippen LogP contribution is -1.94. The van der Waals surface area contributed by atoms with Crippen LogP contribution in [0.5, 0.6) is 5.75 Å². The minimum Gasteiger partial charge on any atom is -0.497 e. The van der Waals surface area contributed by atoms with E-state index in [1.807, 2.05) is 48.5 Å². The largest absolute Gasteiger partial charge is 0.497 e. The Morgan fingerprint density at radius 1 is 0.889 bits per heavy atom. The molecule has 0 bridgehead atoms. The van der Waals surface area contributed by atoms with E-state index < -0.39 is 0 Å². The van der Waals surface area contributed by atoms with Gasteiger partial charge in [-0.05, 0) is 12.1 Å². The molecule has 1 heterocycles. The van der Waals surface area contributed by atoms with E-state index in [1.165, 1.54) is 0 Å². The van der Waals surface area contributed by atoms with Crippen molar-refractivity contribution in [2.45, 2.75) is 0 Å². The Kier molecular flexibility index (Phi) is 2.61. The number of ether oxygens (including phenoxy) is 1. The Hall–Kier alpha value is -2.49. The zero-order chi connectivity index (χ0) is 12.4. The van der Waals surface area contributed by atoms with Crippen molar-refractivity contribution < 1.29 is 4.74 Å². The first-order valence-corrected chi connectivity index (χ1v) is 5.61. The van der Waals surface area contributed by atoms with Crippen molar-refractivity contribution >= 4 is 11.0 Å². The van der Waals surface area contributed by atoms with E-state index in [-0.39, 0.29) is 0 Å². The van der Waals surface area contributed by atoms with Crippen molar-refractivity contribution in [3.8, 4) is 17.1 Å². The summed E-state index contributed by atoms with van der Waals surface area (Å²) >= 11 is 0. The zero-order valence-corrected chi connectivity index (χ0v) is 9.87. The summed E-state index contributed by atoms with van der Waals surface area (Å²) in [6, 6.07) is 15.3. The number of rotatable bonds is 2. The lowest BCUT2D eigenvalue weighted by atomic mass is 10.2. The van der Waals surface area contributed by atoms with Crippen molar-refractivity contribution in [1.82, 2.24) is 15.2 Å². The topological polar surface area (TPSA) is 47.9 Å². The summed E-state index contributed by atoms with van der Waals surface area (Å²) in [6.07, 6.45) is 0. The van der Waals surface area contributed by atoms with Crippen LogP contribution < -0.4 is 4.74 Å². The first-order valence-electron chi connectivity index (χ1n) is 5.61. The summed E-state index contributed by atoms with van der Waals surface area (Å²) in [4.78, 5) is 4.50. The fourth-order valence-electron chi connectivity index (χ4n) is 1.75. The van der Waals surface area contributed by atoms with E-state index in [2.05, 4.69) is 15.2 Å². The van der Waals surface area contributed by atoms with E-state index in [4.69, 9.17) is 4.74 Å². The molecule has 4 nitrogen and oxygen atoms in total. The quantitative estimate of drug-likeness (QED) is 0.687. The number of hydrogen-bond acceptors (Lipinski definition) is 4. The SMILES string of the molecule is COc1ccc2nnc(-c3ccccc3)nc2c1. The van der Waals surface area contributed by atoms with Gasteiger partial charge in [0.1, 0.15) is 11.3 Å². The monoisotopic (exact) mass is 237 g/mol. The van der Waals surface area contributed by atoms with Crippen LogP contribution >= 0.6 is 0 Å². The standard InChI is InChI=1S/C14H11N3O/c1-18-11-7-8-12-13(9-11)15-14(17-16-12)10-5-3-2-4-6-10/h2-9H,1H3. The van der Waals surface area contributed by atoms with Crippen LogP contribution in [-0.4, -0.2) is 22.3 Å². The molecule has 3 rings (SSSR count). The molecule has 0 radical (unpaired) electrons. The minimum absolute atomic E-state index is 0.622. The van der Waals surface area contributed by atoms with Crippen molar-refractivity contribution in [1.29, 1.82) is 0 Å². The average molecular weight is 237 g/mol. The molecule has 0 unspecified atom stereocenters. The first kappa shape index (κ1) is 10.7. The molecule has 0 fully saturated rings. The van der Waals surface area contributed by atoms with Crippen molar-refractivity contribution in [2.75, 3.05) is 7.11 Å². The number of fused-ring (bicyclic) bond motifs is 1. The Bertz CT molecular complexity index is 683. The van der Waals surface area contributed by atoms with Gasteiger partial charge in [-0.1, -0.05) is 30.3 Å². The van der Waals surface area contributed by atoms with E-state index in [0.29, 0.717) is 5.82 Å². The molecule has 2 aromatic carbocycles. The summed E-state index contributed by atoms with van der Waals surface area (Å²) in [5.74, 6) is 1.39. The highest BCUT2D eigenvalue weighted by atomic mass is 16.5. The molecule has 0 spiro atoms. The van der Waals surface area contributed by atoms with Gasteiger partial charge in [0.2, 0.25) is 0 Å². The summed E-state index contributed by atoms with van der Waals surface area (Å²) in [7, 11) is 1.63. The van der Waals surface area contributed by atoms with Gasteiger partial charge in [0.15, 0.2) is 5.82 Å². The second-order valence-electron chi connectivity index (χ2n) is 3.86. The summed E-state index contributed by atoms with van der Waals surface area (Å²) in [5, 5.41) is 8.30. The van der Waals surface area contributed by atoms with Crippen LogP contribution in [0, 0.1) is 0 Å². The van der Waals surface area contributed by atoms with Crippen LogP contribution in [0.2, 0.25) is 0 Å². The van der Waals surface area contributed by atoms with Crippen LogP contribution in [0.15, 0.2) is 48.5 Å². The van der Waals surface area contributed by atoms with Crippen LogP contribution in [0.4, 0.5) is 0 Å². The van der Waals surface area contributed by atoms with Crippen LogP contribution in [0.25, 0.3) is 22.4 Å². The van der Waals surface area contributed by atoms with Crippen LogP contribution in [-0.2, 0) is 0 Å². The molecule has 1 aromatic heterocycles. The maximum atomic E-state index is 5.18. The number of hydrogen-bond donors (Lipinski definition) is 0. The van der Waals surface area contributed by atoms with Gasteiger partial charge in [-0.15, -0.1) is 10.2 Å². The van der Waals surface area contributed by atoms with E-state index >= 15 is 0 Å². The van der Waals surface area contributed by atoms with Crippen LogP contribution in [0.3, 0.4) is 0 Å². The van der Waals surface area contributed by atoms with Gasteiger partial charge in [0, 0.05) is 11.6 Å². The van der Waals surface area contributed by atoms with Crippen LogP contribution in [0.1, 0.15) is 0 Å². The molecular formula is C14H11N3O. The first-order chi connectivity index (χ1) is 8.86. The molecule has 0 amide bonds. The maximum Gasteiger partial charge on any atom is 0.182 e. The van der Waals surface area contributed by atoms with Crippen molar-refractivity contribution in [3.63, 3.8) is 0 Å². The molecule has 4 heteroatoms. The van der Waals surface area contributed by atoms with E-state index in [0.717, 1.165) is 22.3 Å². The lowest BCUT2D eigenvalue weighted by molar-refractivity contribution is 0.415. The Morgan fingerprint density at radius 2 is 1.72 bits per heavy atom. The van der Waals surface area contributed by atoms with Gasteiger partial charge in [0.05, 0.1) is 12.6 Å². The number of methoxy groups -OCH3 is 1. The van der Waals surface area contributed by atoms with Gasteiger partial charge >= 0.3 is 0 Å². The normalized spacial score (nSPS) is 10.5. The molecule has 18 heavy (non-hydrogen) atoms. The Morgan fingerprint density at radius 3 is 2.50 bits per heavy atom. The third-order valence-electron chi connectivity index (χ3n) is 2.69. The zero-order valence-electron chi connectivity index (χ0n) is 9.87. The highest BCUT2D eigenvalue weighted by Crippen LogP contribution is 2.20. The highest BCUT2D eigenvalue weighted by Gasteiger charge is 2.04.